The maximum Gasteiger partial charge on any atom is 0.187 e. The van der Waals surface area contributed by atoms with Gasteiger partial charge in [0.2, 0.25) is 0 Å². The summed E-state index contributed by atoms with van der Waals surface area (Å²) < 4.78 is 1.93. The number of rotatable bonds is 5. The smallest absolute Gasteiger partial charge is 0.187 e. The predicted octanol–water partition coefficient (Wildman–Crippen LogP) is 3.41. The van der Waals surface area contributed by atoms with Gasteiger partial charge in [0.15, 0.2) is 5.11 Å². The van der Waals surface area contributed by atoms with Gasteiger partial charge in [-0.1, -0.05) is 29.8 Å². The Balaban J connectivity index is 2.11. The molecule has 2 aromatic rings. The van der Waals surface area contributed by atoms with E-state index in [0.717, 1.165) is 27.5 Å². The molecule has 7 heteroatoms. The van der Waals surface area contributed by atoms with Gasteiger partial charge in [0, 0.05) is 22.3 Å². The fourth-order valence-corrected chi connectivity index (χ4v) is 2.77. The molecule has 1 heterocycles. The Morgan fingerprint density at radius 2 is 2.08 bits per heavy atom. The Bertz CT molecular complexity index is 751. The largest absolute Gasteiger partial charge is 0.359 e. The van der Waals surface area contributed by atoms with Crippen LogP contribution in [-0.4, -0.2) is 27.1 Å². The lowest BCUT2D eigenvalue weighted by molar-refractivity contribution is 0.659. The van der Waals surface area contributed by atoms with Crippen molar-refractivity contribution in [3.63, 3.8) is 0 Å². The van der Waals surface area contributed by atoms with Crippen molar-refractivity contribution in [2.75, 3.05) is 0 Å². The monoisotopic (exact) mass is 363 g/mol. The zero-order chi connectivity index (χ0) is 17.7. The minimum absolute atomic E-state index is 0.266. The third-order valence-electron chi connectivity index (χ3n) is 3.49. The lowest BCUT2D eigenvalue weighted by atomic mass is 10.2. The molecule has 0 aliphatic carbocycles. The number of aryl methyl sites for hydroxylation is 1. The highest BCUT2D eigenvalue weighted by molar-refractivity contribution is 7.80. The fourth-order valence-electron chi connectivity index (χ4n) is 2.29. The molecule has 5 nitrogen and oxygen atoms in total. The average Bonchev–Trinajstić information content (AvgIpc) is 2.76. The van der Waals surface area contributed by atoms with Gasteiger partial charge in [-0.05, 0) is 51.5 Å². The van der Waals surface area contributed by atoms with E-state index in [1.807, 2.05) is 56.6 Å². The van der Waals surface area contributed by atoms with Gasteiger partial charge in [-0.3, -0.25) is 10.1 Å². The van der Waals surface area contributed by atoms with Gasteiger partial charge in [0.1, 0.15) is 0 Å². The van der Waals surface area contributed by atoms with E-state index in [0.29, 0.717) is 11.7 Å². The number of aromatic nitrogens is 2. The van der Waals surface area contributed by atoms with E-state index in [2.05, 4.69) is 20.9 Å². The Morgan fingerprint density at radius 3 is 2.75 bits per heavy atom. The molecule has 0 atom stereocenters. The summed E-state index contributed by atoms with van der Waals surface area (Å²) >= 11 is 11.4. The maximum absolute atomic E-state index is 6.23. The quantitative estimate of drug-likeness (QED) is 0.485. The first-order valence-electron chi connectivity index (χ1n) is 7.75. The molecule has 24 heavy (non-hydrogen) atoms. The highest BCUT2D eigenvalue weighted by atomic mass is 35.5. The van der Waals surface area contributed by atoms with Crippen molar-refractivity contribution >= 4 is 35.1 Å². The summed E-state index contributed by atoms with van der Waals surface area (Å²) in [4.78, 5) is 0. The van der Waals surface area contributed by atoms with Crippen LogP contribution in [-0.2, 0) is 6.54 Å². The third kappa shape index (κ3) is 4.79. The summed E-state index contributed by atoms with van der Waals surface area (Å²) in [6.07, 6.45) is 1.75. The number of thiocarbonyl (C=S) groups is 1. The number of hydrogen-bond acceptors (Lipinski definition) is 3. The van der Waals surface area contributed by atoms with Gasteiger partial charge >= 0.3 is 0 Å². The molecular weight excluding hydrogens is 342 g/mol. The van der Waals surface area contributed by atoms with Gasteiger partial charge in [-0.2, -0.15) is 10.2 Å². The molecule has 2 N–H and O–H groups in total. The zero-order valence-corrected chi connectivity index (χ0v) is 15.9. The molecule has 0 fully saturated rings. The Morgan fingerprint density at radius 1 is 1.38 bits per heavy atom. The second-order valence-corrected chi connectivity index (χ2v) is 6.65. The van der Waals surface area contributed by atoms with E-state index >= 15 is 0 Å². The summed E-state index contributed by atoms with van der Waals surface area (Å²) in [7, 11) is 0. The summed E-state index contributed by atoms with van der Waals surface area (Å²) in [5, 5.41) is 13.1. The summed E-state index contributed by atoms with van der Waals surface area (Å²) in [5.74, 6) is 0. The van der Waals surface area contributed by atoms with E-state index in [1.165, 1.54) is 0 Å². The van der Waals surface area contributed by atoms with Gasteiger partial charge in [-0.15, -0.1) is 0 Å². The molecule has 0 aliphatic heterocycles. The molecule has 1 aromatic carbocycles. The van der Waals surface area contributed by atoms with Crippen molar-refractivity contribution in [1.29, 1.82) is 0 Å². The van der Waals surface area contributed by atoms with Crippen LogP contribution in [0.1, 0.15) is 36.4 Å². The van der Waals surface area contributed by atoms with Crippen LogP contribution < -0.4 is 10.7 Å². The van der Waals surface area contributed by atoms with Crippen molar-refractivity contribution in [3.8, 4) is 0 Å². The van der Waals surface area contributed by atoms with E-state index in [9.17, 15) is 0 Å². The van der Waals surface area contributed by atoms with Gasteiger partial charge in [0.05, 0.1) is 18.5 Å². The summed E-state index contributed by atoms with van der Waals surface area (Å²) in [6.45, 7) is 8.64. The SMILES string of the molecule is Cc1nn(Cc2ccccc2Cl)c(C)c1/C=N\NC(=S)NC(C)C. The first-order valence-corrected chi connectivity index (χ1v) is 8.54. The van der Waals surface area contributed by atoms with Crippen LogP contribution in [0.2, 0.25) is 5.02 Å². The minimum Gasteiger partial charge on any atom is -0.359 e. The van der Waals surface area contributed by atoms with Crippen LogP contribution in [0.3, 0.4) is 0 Å². The molecular formula is C17H22ClN5S. The molecule has 0 saturated carbocycles. The lowest BCUT2D eigenvalue weighted by Crippen LogP contribution is -2.36. The van der Waals surface area contributed by atoms with E-state index in [-0.39, 0.29) is 6.04 Å². The van der Waals surface area contributed by atoms with Crippen molar-refractivity contribution in [2.24, 2.45) is 5.10 Å². The topological polar surface area (TPSA) is 54.2 Å². The second kappa shape index (κ2) is 8.26. The zero-order valence-electron chi connectivity index (χ0n) is 14.3. The van der Waals surface area contributed by atoms with E-state index in [1.54, 1.807) is 6.21 Å². The molecule has 0 unspecified atom stereocenters. The normalized spacial score (nSPS) is 11.2. The van der Waals surface area contributed by atoms with Crippen LogP contribution in [0.4, 0.5) is 0 Å². The molecule has 0 radical (unpaired) electrons. The molecule has 0 amide bonds. The Labute approximate surface area is 153 Å². The van der Waals surface area contributed by atoms with Crippen LogP contribution in [0.5, 0.6) is 0 Å². The molecule has 128 valence electrons. The van der Waals surface area contributed by atoms with Crippen LogP contribution >= 0.6 is 23.8 Å². The predicted molar refractivity (Wildman–Crippen MR) is 104 cm³/mol. The maximum atomic E-state index is 6.23. The van der Waals surface area contributed by atoms with Gasteiger partial charge in [0.25, 0.3) is 0 Å². The molecule has 2 rings (SSSR count). The molecule has 0 aliphatic rings. The molecule has 0 spiro atoms. The number of hydrazone groups is 1. The molecule has 0 saturated heterocycles. The van der Waals surface area contributed by atoms with Crippen LogP contribution in [0.25, 0.3) is 0 Å². The molecule has 1 aromatic heterocycles. The number of nitrogens with zero attached hydrogens (tertiary/aromatic N) is 3. The number of hydrogen-bond donors (Lipinski definition) is 2. The Kier molecular flexibility index (Phi) is 6.34. The first kappa shape index (κ1) is 18.4. The summed E-state index contributed by atoms with van der Waals surface area (Å²) in [5.41, 5.74) is 6.76. The highest BCUT2D eigenvalue weighted by Crippen LogP contribution is 2.18. The van der Waals surface area contributed by atoms with Gasteiger partial charge in [-0.25, -0.2) is 0 Å². The van der Waals surface area contributed by atoms with Crippen molar-refractivity contribution in [2.45, 2.75) is 40.3 Å². The fraction of sp³-hybridized carbons (Fsp3) is 0.353. The van der Waals surface area contributed by atoms with E-state index < -0.39 is 0 Å². The number of halogens is 1. The average molecular weight is 364 g/mol. The minimum atomic E-state index is 0.266. The number of benzene rings is 1. The second-order valence-electron chi connectivity index (χ2n) is 5.83. The summed E-state index contributed by atoms with van der Waals surface area (Å²) in [6, 6.07) is 8.05. The van der Waals surface area contributed by atoms with Crippen LogP contribution in [0.15, 0.2) is 29.4 Å². The van der Waals surface area contributed by atoms with E-state index in [4.69, 9.17) is 23.8 Å². The molecule has 0 bridgehead atoms. The van der Waals surface area contributed by atoms with Crippen LogP contribution in [0, 0.1) is 13.8 Å². The van der Waals surface area contributed by atoms with Gasteiger partial charge < -0.3 is 5.32 Å². The standard InChI is InChI=1S/C17H22ClN5S/c1-11(2)20-17(24)21-19-9-15-12(3)22-23(13(15)4)10-14-7-5-6-8-16(14)18/h5-9,11H,10H2,1-4H3,(H2,20,21,24)/b19-9-. The lowest BCUT2D eigenvalue weighted by Gasteiger charge is -2.09. The third-order valence-corrected chi connectivity index (χ3v) is 4.07. The van der Waals surface area contributed by atoms with Crippen molar-refractivity contribution in [3.05, 3.63) is 51.8 Å². The first-order chi connectivity index (χ1) is 11.4. The van der Waals surface area contributed by atoms with Crippen molar-refractivity contribution < 1.29 is 0 Å². The van der Waals surface area contributed by atoms with Crippen molar-refractivity contribution in [1.82, 2.24) is 20.5 Å². The Hall–Kier alpha value is -1.92. The highest BCUT2D eigenvalue weighted by Gasteiger charge is 2.11. The number of nitrogens with one attached hydrogen (secondary N) is 2.